The SMILES string of the molecule is Cc1ccsc1[C@@H](N1CCNCC1)C(C)(C)C.Cl.Cl. The minimum absolute atomic E-state index is 0. The van der Waals surface area contributed by atoms with Gasteiger partial charge in [0.05, 0.1) is 0 Å². The Morgan fingerprint density at radius 3 is 2.21 bits per heavy atom. The lowest BCUT2D eigenvalue weighted by Gasteiger charge is -2.42. The van der Waals surface area contributed by atoms with Gasteiger partial charge in [-0.1, -0.05) is 20.8 Å². The standard InChI is InChI=1S/C14H24N2S.2ClH/c1-11-5-10-17-12(11)13(14(2,3)4)16-8-6-15-7-9-16;;/h5,10,13,15H,6-9H2,1-4H3;2*1H/t13-;;/m1../s1. The van der Waals surface area contributed by atoms with E-state index in [0.717, 1.165) is 13.1 Å². The van der Waals surface area contributed by atoms with E-state index in [1.165, 1.54) is 18.7 Å². The topological polar surface area (TPSA) is 15.3 Å². The average molecular weight is 325 g/mol. The molecule has 0 amide bonds. The van der Waals surface area contributed by atoms with Crippen LogP contribution in [0.1, 0.15) is 37.3 Å². The number of rotatable bonds is 2. The van der Waals surface area contributed by atoms with Gasteiger partial charge in [-0.2, -0.15) is 0 Å². The molecule has 5 heteroatoms. The maximum absolute atomic E-state index is 3.44. The van der Waals surface area contributed by atoms with Crippen molar-refractivity contribution in [3.8, 4) is 0 Å². The second-order valence-electron chi connectivity index (χ2n) is 6.02. The summed E-state index contributed by atoms with van der Waals surface area (Å²) in [5.74, 6) is 0. The Balaban J connectivity index is 0.00000162. The van der Waals surface area contributed by atoms with Crippen molar-refractivity contribution in [2.24, 2.45) is 5.41 Å². The van der Waals surface area contributed by atoms with Crippen LogP contribution in [0.3, 0.4) is 0 Å². The van der Waals surface area contributed by atoms with E-state index < -0.39 is 0 Å². The number of hydrogen-bond acceptors (Lipinski definition) is 3. The molecule has 112 valence electrons. The zero-order valence-corrected chi connectivity index (χ0v) is 14.7. The minimum Gasteiger partial charge on any atom is -0.314 e. The highest BCUT2D eigenvalue weighted by molar-refractivity contribution is 7.10. The van der Waals surface area contributed by atoms with E-state index in [2.05, 4.69) is 49.4 Å². The van der Waals surface area contributed by atoms with Crippen molar-refractivity contribution < 1.29 is 0 Å². The second-order valence-corrected chi connectivity index (χ2v) is 6.97. The van der Waals surface area contributed by atoms with Gasteiger partial charge in [-0.25, -0.2) is 0 Å². The largest absolute Gasteiger partial charge is 0.314 e. The minimum atomic E-state index is 0. The average Bonchev–Trinajstić information content (AvgIpc) is 2.65. The van der Waals surface area contributed by atoms with Crippen LogP contribution in [-0.2, 0) is 0 Å². The molecule has 0 aromatic carbocycles. The summed E-state index contributed by atoms with van der Waals surface area (Å²) in [5.41, 5.74) is 1.75. The lowest BCUT2D eigenvalue weighted by molar-refractivity contribution is 0.0884. The van der Waals surface area contributed by atoms with Crippen LogP contribution in [-0.4, -0.2) is 31.1 Å². The molecule has 0 aliphatic carbocycles. The van der Waals surface area contributed by atoms with Crippen molar-refractivity contribution in [1.82, 2.24) is 10.2 Å². The molecule has 1 N–H and O–H groups in total. The first-order valence-corrected chi connectivity index (χ1v) is 7.37. The predicted octanol–water partition coefficient (Wildman–Crippen LogP) is 3.89. The summed E-state index contributed by atoms with van der Waals surface area (Å²) in [5, 5.41) is 5.67. The lowest BCUT2D eigenvalue weighted by Crippen LogP contribution is -2.48. The summed E-state index contributed by atoms with van der Waals surface area (Å²) >= 11 is 1.92. The van der Waals surface area contributed by atoms with E-state index in [4.69, 9.17) is 0 Å². The van der Waals surface area contributed by atoms with Crippen molar-refractivity contribution >= 4 is 36.2 Å². The molecular weight excluding hydrogens is 299 g/mol. The molecule has 1 aromatic rings. The summed E-state index contributed by atoms with van der Waals surface area (Å²) in [6.45, 7) is 13.9. The maximum Gasteiger partial charge on any atom is 0.0493 e. The summed E-state index contributed by atoms with van der Waals surface area (Å²) in [7, 11) is 0. The fourth-order valence-corrected chi connectivity index (χ4v) is 4.02. The monoisotopic (exact) mass is 324 g/mol. The Kier molecular flexibility index (Phi) is 7.93. The second kappa shape index (κ2) is 7.84. The van der Waals surface area contributed by atoms with Gasteiger partial charge in [0.2, 0.25) is 0 Å². The summed E-state index contributed by atoms with van der Waals surface area (Å²) in [6.07, 6.45) is 0. The first-order valence-electron chi connectivity index (χ1n) is 6.49. The van der Waals surface area contributed by atoms with Crippen molar-refractivity contribution in [3.63, 3.8) is 0 Å². The molecule has 1 atom stereocenters. The summed E-state index contributed by atoms with van der Waals surface area (Å²) in [6, 6.07) is 2.81. The Bertz CT molecular complexity index is 368. The Hall–Kier alpha value is 0.200. The van der Waals surface area contributed by atoms with Gasteiger partial charge in [-0.15, -0.1) is 36.2 Å². The van der Waals surface area contributed by atoms with Gasteiger partial charge in [0, 0.05) is 37.1 Å². The first kappa shape index (κ1) is 19.2. The van der Waals surface area contributed by atoms with Crippen LogP contribution in [0.15, 0.2) is 11.4 Å². The van der Waals surface area contributed by atoms with Crippen LogP contribution in [0, 0.1) is 12.3 Å². The highest BCUT2D eigenvalue weighted by Gasteiger charge is 2.34. The first-order chi connectivity index (χ1) is 8.00. The van der Waals surface area contributed by atoms with Crippen molar-refractivity contribution in [3.05, 3.63) is 21.9 Å². The number of halogens is 2. The maximum atomic E-state index is 3.44. The Morgan fingerprint density at radius 1 is 1.21 bits per heavy atom. The van der Waals surface area contributed by atoms with Crippen molar-refractivity contribution in [2.45, 2.75) is 33.7 Å². The third-order valence-electron chi connectivity index (χ3n) is 3.49. The quantitative estimate of drug-likeness (QED) is 0.887. The Labute approximate surface area is 133 Å². The number of hydrogen-bond donors (Lipinski definition) is 1. The molecule has 1 aliphatic heterocycles. The smallest absolute Gasteiger partial charge is 0.0493 e. The van der Waals surface area contributed by atoms with Gasteiger partial charge in [0.1, 0.15) is 0 Å². The third-order valence-corrected chi connectivity index (χ3v) is 4.56. The molecule has 2 rings (SSSR count). The van der Waals surface area contributed by atoms with Gasteiger partial charge >= 0.3 is 0 Å². The van der Waals surface area contributed by atoms with Gasteiger partial charge in [0.25, 0.3) is 0 Å². The molecule has 0 saturated carbocycles. The zero-order valence-electron chi connectivity index (χ0n) is 12.2. The molecule has 1 aromatic heterocycles. The fraction of sp³-hybridized carbons (Fsp3) is 0.714. The molecule has 0 unspecified atom stereocenters. The molecule has 2 nitrogen and oxygen atoms in total. The van der Waals surface area contributed by atoms with Crippen LogP contribution in [0.25, 0.3) is 0 Å². The number of thiophene rings is 1. The van der Waals surface area contributed by atoms with Crippen LogP contribution in [0.5, 0.6) is 0 Å². The highest BCUT2D eigenvalue weighted by Crippen LogP contribution is 2.41. The zero-order chi connectivity index (χ0) is 12.5. The van der Waals surface area contributed by atoms with Crippen molar-refractivity contribution in [2.75, 3.05) is 26.2 Å². The fourth-order valence-electron chi connectivity index (χ4n) is 2.71. The van der Waals surface area contributed by atoms with E-state index in [9.17, 15) is 0 Å². The summed E-state index contributed by atoms with van der Waals surface area (Å²) in [4.78, 5) is 4.20. The van der Waals surface area contributed by atoms with E-state index in [1.807, 2.05) is 11.3 Å². The van der Waals surface area contributed by atoms with E-state index >= 15 is 0 Å². The molecule has 0 spiro atoms. The molecule has 1 aliphatic rings. The number of nitrogens with zero attached hydrogens (tertiary/aromatic N) is 1. The highest BCUT2D eigenvalue weighted by atomic mass is 35.5. The summed E-state index contributed by atoms with van der Waals surface area (Å²) < 4.78 is 0. The molecule has 0 radical (unpaired) electrons. The molecule has 1 saturated heterocycles. The van der Waals surface area contributed by atoms with Crippen LogP contribution < -0.4 is 5.32 Å². The normalized spacial score (nSPS) is 18.3. The van der Waals surface area contributed by atoms with Crippen molar-refractivity contribution in [1.29, 1.82) is 0 Å². The lowest BCUT2D eigenvalue weighted by atomic mass is 9.83. The number of piperazine rings is 1. The Morgan fingerprint density at radius 2 is 1.79 bits per heavy atom. The number of nitrogens with one attached hydrogen (secondary N) is 1. The van der Waals surface area contributed by atoms with Gasteiger partial charge < -0.3 is 5.32 Å². The third kappa shape index (κ3) is 4.61. The van der Waals surface area contributed by atoms with E-state index in [-0.39, 0.29) is 24.8 Å². The molecule has 0 bridgehead atoms. The molecular formula is C14H26Cl2N2S. The van der Waals surface area contributed by atoms with E-state index in [0.29, 0.717) is 11.5 Å². The van der Waals surface area contributed by atoms with Crippen LogP contribution in [0.2, 0.25) is 0 Å². The molecule has 19 heavy (non-hydrogen) atoms. The molecule has 1 fully saturated rings. The number of aryl methyl sites for hydroxylation is 1. The van der Waals surface area contributed by atoms with Crippen LogP contribution >= 0.6 is 36.2 Å². The van der Waals surface area contributed by atoms with Gasteiger partial charge in [-0.05, 0) is 29.3 Å². The molecule has 2 heterocycles. The van der Waals surface area contributed by atoms with E-state index in [1.54, 1.807) is 4.88 Å². The van der Waals surface area contributed by atoms with Gasteiger partial charge in [-0.3, -0.25) is 4.90 Å². The van der Waals surface area contributed by atoms with Crippen LogP contribution in [0.4, 0.5) is 0 Å². The van der Waals surface area contributed by atoms with Gasteiger partial charge in [0.15, 0.2) is 0 Å². The predicted molar refractivity (Wildman–Crippen MR) is 90.2 cm³/mol.